The predicted octanol–water partition coefficient (Wildman–Crippen LogP) is 1.70. The quantitative estimate of drug-likeness (QED) is 0.697. The zero-order chi connectivity index (χ0) is 13.8. The number of anilines is 1. The molecule has 1 aromatic heterocycles. The number of aliphatic carboxylic acids is 1. The van der Waals surface area contributed by atoms with Gasteiger partial charge in [-0.25, -0.2) is 4.98 Å². The molecule has 2 rings (SSSR count). The number of aromatic nitrogens is 2. The van der Waals surface area contributed by atoms with Gasteiger partial charge in [0.05, 0.1) is 0 Å². The molecule has 6 heteroatoms. The molecule has 0 saturated heterocycles. The highest BCUT2D eigenvalue weighted by Gasteiger charge is 2.26. The highest BCUT2D eigenvalue weighted by Crippen LogP contribution is 2.37. The van der Waals surface area contributed by atoms with Gasteiger partial charge in [-0.1, -0.05) is 0 Å². The Morgan fingerprint density at radius 3 is 3.00 bits per heavy atom. The molecule has 1 aliphatic carbocycles. The predicted molar refractivity (Wildman–Crippen MR) is 71.4 cm³/mol. The van der Waals surface area contributed by atoms with Crippen molar-refractivity contribution in [2.75, 3.05) is 5.32 Å². The molecule has 0 bridgehead atoms. The molecular formula is C13H19N3O3. The van der Waals surface area contributed by atoms with E-state index in [0.717, 1.165) is 25.1 Å². The first-order valence-corrected chi connectivity index (χ1v) is 6.64. The molecule has 6 nitrogen and oxygen atoms in total. The van der Waals surface area contributed by atoms with Crippen LogP contribution in [0, 0.1) is 0 Å². The number of hydrogen-bond acceptors (Lipinski definition) is 4. The Balaban J connectivity index is 1.90. The summed E-state index contributed by atoms with van der Waals surface area (Å²) in [6, 6.07) is 1.54. The van der Waals surface area contributed by atoms with Crippen LogP contribution in [-0.2, 0) is 4.79 Å². The highest BCUT2D eigenvalue weighted by atomic mass is 16.4. The van der Waals surface area contributed by atoms with Crippen LogP contribution in [0.5, 0.6) is 0 Å². The van der Waals surface area contributed by atoms with Crippen molar-refractivity contribution in [2.24, 2.45) is 0 Å². The number of aromatic amines is 1. The van der Waals surface area contributed by atoms with E-state index in [2.05, 4.69) is 15.3 Å². The lowest BCUT2D eigenvalue weighted by molar-refractivity contribution is -0.137. The third-order valence-corrected chi connectivity index (χ3v) is 3.15. The maximum Gasteiger partial charge on any atom is 0.303 e. The Morgan fingerprint density at radius 2 is 2.37 bits per heavy atom. The van der Waals surface area contributed by atoms with Gasteiger partial charge in [-0.05, 0) is 32.6 Å². The average molecular weight is 265 g/mol. The van der Waals surface area contributed by atoms with Crippen LogP contribution in [0.15, 0.2) is 10.9 Å². The van der Waals surface area contributed by atoms with Gasteiger partial charge in [0, 0.05) is 24.4 Å². The molecule has 3 N–H and O–H groups in total. The lowest BCUT2D eigenvalue weighted by atomic mass is 10.1. The molecule has 1 unspecified atom stereocenters. The first-order valence-electron chi connectivity index (χ1n) is 6.64. The summed E-state index contributed by atoms with van der Waals surface area (Å²) in [5.41, 5.74) is -0.142. The third-order valence-electron chi connectivity index (χ3n) is 3.15. The summed E-state index contributed by atoms with van der Waals surface area (Å²) in [5.74, 6) is 0.954. The van der Waals surface area contributed by atoms with Crippen LogP contribution in [0.25, 0.3) is 0 Å². The number of hydrogen-bond donors (Lipinski definition) is 3. The van der Waals surface area contributed by atoms with E-state index in [9.17, 15) is 9.59 Å². The first kappa shape index (κ1) is 13.6. The molecule has 1 atom stereocenters. The molecule has 0 amide bonds. The summed E-state index contributed by atoms with van der Waals surface area (Å²) in [7, 11) is 0. The van der Waals surface area contributed by atoms with Gasteiger partial charge in [-0.2, -0.15) is 0 Å². The van der Waals surface area contributed by atoms with E-state index in [1.807, 2.05) is 6.92 Å². The van der Waals surface area contributed by atoms with Gasteiger partial charge in [0.2, 0.25) is 0 Å². The van der Waals surface area contributed by atoms with E-state index in [1.165, 1.54) is 6.07 Å². The van der Waals surface area contributed by atoms with Gasteiger partial charge in [-0.15, -0.1) is 0 Å². The topological polar surface area (TPSA) is 95.1 Å². The highest BCUT2D eigenvalue weighted by molar-refractivity contribution is 5.66. The number of nitrogens with one attached hydrogen (secondary N) is 2. The van der Waals surface area contributed by atoms with Gasteiger partial charge < -0.3 is 15.4 Å². The second kappa shape index (κ2) is 5.86. The summed E-state index contributed by atoms with van der Waals surface area (Å²) < 4.78 is 0. The van der Waals surface area contributed by atoms with Crippen molar-refractivity contribution < 1.29 is 9.90 Å². The number of rotatable bonds is 7. The van der Waals surface area contributed by atoms with Gasteiger partial charge in [0.1, 0.15) is 11.6 Å². The Hall–Kier alpha value is -1.85. The number of carboxylic acid groups (broad SMARTS) is 1. The van der Waals surface area contributed by atoms with E-state index in [1.54, 1.807) is 0 Å². The zero-order valence-electron chi connectivity index (χ0n) is 11.0. The fraction of sp³-hybridized carbons (Fsp3) is 0.615. The van der Waals surface area contributed by atoms with Crippen molar-refractivity contribution in [1.82, 2.24) is 9.97 Å². The fourth-order valence-corrected chi connectivity index (χ4v) is 1.98. The first-order chi connectivity index (χ1) is 9.04. The van der Waals surface area contributed by atoms with Crippen molar-refractivity contribution in [3.8, 4) is 0 Å². The maximum absolute atomic E-state index is 11.5. The molecule has 1 saturated carbocycles. The summed E-state index contributed by atoms with van der Waals surface area (Å²) in [5, 5.41) is 11.7. The fourth-order valence-electron chi connectivity index (χ4n) is 1.98. The van der Waals surface area contributed by atoms with Crippen LogP contribution in [0.2, 0.25) is 0 Å². The van der Waals surface area contributed by atoms with E-state index >= 15 is 0 Å². The second-order valence-electron chi connectivity index (χ2n) is 5.12. The van der Waals surface area contributed by atoms with Crippen LogP contribution in [-0.4, -0.2) is 27.1 Å². The summed E-state index contributed by atoms with van der Waals surface area (Å²) in [6.07, 6.45) is 3.69. The molecule has 0 radical (unpaired) electrons. The Labute approximate surface area is 111 Å². The normalized spacial score (nSPS) is 16.1. The largest absolute Gasteiger partial charge is 0.481 e. The molecule has 0 aliphatic heterocycles. The molecule has 1 fully saturated rings. The van der Waals surface area contributed by atoms with Crippen molar-refractivity contribution in [3.05, 3.63) is 22.2 Å². The van der Waals surface area contributed by atoms with Crippen LogP contribution in [0.4, 0.5) is 5.82 Å². The van der Waals surface area contributed by atoms with Crippen LogP contribution < -0.4 is 10.9 Å². The average Bonchev–Trinajstić information content (AvgIpc) is 3.10. The van der Waals surface area contributed by atoms with Crippen LogP contribution in [0.3, 0.4) is 0 Å². The lowest BCUT2D eigenvalue weighted by Gasteiger charge is -2.14. The Bertz CT molecular complexity index is 508. The number of carbonyl (C=O) groups is 1. The van der Waals surface area contributed by atoms with Gasteiger partial charge in [0.25, 0.3) is 5.56 Å². The number of nitrogens with zero attached hydrogens (tertiary/aromatic N) is 1. The van der Waals surface area contributed by atoms with Gasteiger partial charge in [-0.3, -0.25) is 9.59 Å². The Kier molecular flexibility index (Phi) is 4.19. The maximum atomic E-state index is 11.5. The lowest BCUT2D eigenvalue weighted by Crippen LogP contribution is -2.20. The second-order valence-corrected chi connectivity index (χ2v) is 5.12. The minimum atomic E-state index is -0.780. The minimum Gasteiger partial charge on any atom is -0.481 e. The summed E-state index contributed by atoms with van der Waals surface area (Å²) in [6.45, 7) is 1.96. The van der Waals surface area contributed by atoms with Crippen molar-refractivity contribution >= 4 is 11.8 Å². The van der Waals surface area contributed by atoms with Gasteiger partial charge in [0.15, 0.2) is 0 Å². The number of carboxylic acids is 1. The van der Waals surface area contributed by atoms with E-state index < -0.39 is 5.97 Å². The number of H-pyrrole nitrogens is 1. The van der Waals surface area contributed by atoms with Gasteiger partial charge >= 0.3 is 5.97 Å². The minimum absolute atomic E-state index is 0.0979. The molecule has 19 heavy (non-hydrogen) atoms. The molecule has 1 aliphatic rings. The molecule has 104 valence electrons. The van der Waals surface area contributed by atoms with Crippen molar-refractivity contribution in [1.29, 1.82) is 0 Å². The Morgan fingerprint density at radius 1 is 1.63 bits per heavy atom. The summed E-state index contributed by atoms with van der Waals surface area (Å²) in [4.78, 5) is 29.1. The van der Waals surface area contributed by atoms with E-state index in [-0.39, 0.29) is 18.0 Å². The third kappa shape index (κ3) is 4.39. The molecular weight excluding hydrogens is 246 g/mol. The van der Waals surface area contributed by atoms with E-state index in [4.69, 9.17) is 5.11 Å². The molecule has 1 aromatic rings. The smallest absolute Gasteiger partial charge is 0.303 e. The van der Waals surface area contributed by atoms with Crippen molar-refractivity contribution in [3.63, 3.8) is 0 Å². The SMILES string of the molecule is CC(CCCC(=O)O)Nc1cc(=O)[nH]c(C2CC2)n1. The standard InChI is InChI=1S/C13H19N3O3/c1-8(3-2-4-12(18)19)14-10-7-11(17)16-13(15-10)9-5-6-9/h7-9H,2-6H2,1H3,(H,18,19)(H2,14,15,16,17). The molecule has 0 aromatic carbocycles. The van der Waals surface area contributed by atoms with Crippen LogP contribution in [0.1, 0.15) is 50.8 Å². The van der Waals surface area contributed by atoms with Crippen LogP contribution >= 0.6 is 0 Å². The monoisotopic (exact) mass is 265 g/mol. The zero-order valence-corrected chi connectivity index (χ0v) is 11.0. The van der Waals surface area contributed by atoms with E-state index in [0.29, 0.717) is 18.2 Å². The molecule has 0 spiro atoms. The van der Waals surface area contributed by atoms with Crippen molar-refractivity contribution in [2.45, 2.75) is 51.0 Å². The molecule has 1 heterocycles. The summed E-state index contributed by atoms with van der Waals surface area (Å²) >= 11 is 0.